The standard InChI is InChI=1S/C17H15F3O/c1-12-3-2-4-13(11-12)5-10-16(21)14-6-8-15(9-7-14)17(18,19)20/h2-4,6-9,11H,5,10H2,1H3. The van der Waals surface area contributed by atoms with Crippen LogP contribution in [-0.4, -0.2) is 5.78 Å². The fourth-order valence-electron chi connectivity index (χ4n) is 2.11. The highest BCUT2D eigenvalue weighted by Crippen LogP contribution is 2.29. The lowest BCUT2D eigenvalue weighted by atomic mass is 10.0. The molecule has 0 unspecified atom stereocenters. The van der Waals surface area contributed by atoms with Gasteiger partial charge in [0.05, 0.1) is 5.56 Å². The second-order valence-corrected chi connectivity index (χ2v) is 4.99. The summed E-state index contributed by atoms with van der Waals surface area (Å²) in [4.78, 5) is 12.0. The Morgan fingerprint density at radius 2 is 1.71 bits per heavy atom. The zero-order valence-electron chi connectivity index (χ0n) is 11.6. The molecule has 0 amide bonds. The fourth-order valence-corrected chi connectivity index (χ4v) is 2.11. The second kappa shape index (κ2) is 6.12. The summed E-state index contributed by atoms with van der Waals surface area (Å²) in [6, 6.07) is 12.2. The molecule has 0 aliphatic rings. The Hall–Kier alpha value is -2.10. The zero-order chi connectivity index (χ0) is 15.5. The van der Waals surface area contributed by atoms with Crippen molar-refractivity contribution in [3.8, 4) is 0 Å². The minimum absolute atomic E-state index is 0.148. The second-order valence-electron chi connectivity index (χ2n) is 4.99. The Bertz CT molecular complexity index is 627. The quantitative estimate of drug-likeness (QED) is 0.738. The number of hydrogen-bond donors (Lipinski definition) is 0. The highest BCUT2D eigenvalue weighted by molar-refractivity contribution is 5.96. The van der Waals surface area contributed by atoms with E-state index in [0.717, 1.165) is 23.3 Å². The normalized spacial score (nSPS) is 11.4. The van der Waals surface area contributed by atoms with Crippen LogP contribution >= 0.6 is 0 Å². The van der Waals surface area contributed by atoms with Gasteiger partial charge in [0.15, 0.2) is 5.78 Å². The van der Waals surface area contributed by atoms with Gasteiger partial charge in [-0.25, -0.2) is 0 Å². The number of rotatable bonds is 4. The Labute approximate surface area is 121 Å². The highest BCUT2D eigenvalue weighted by Gasteiger charge is 2.30. The molecule has 0 heterocycles. The SMILES string of the molecule is Cc1cccc(CCC(=O)c2ccc(C(F)(F)F)cc2)c1. The Morgan fingerprint density at radius 3 is 2.29 bits per heavy atom. The lowest BCUT2D eigenvalue weighted by molar-refractivity contribution is -0.137. The molecule has 0 N–H and O–H groups in total. The maximum atomic E-state index is 12.4. The summed E-state index contributed by atoms with van der Waals surface area (Å²) < 4.78 is 37.3. The van der Waals surface area contributed by atoms with E-state index in [1.54, 1.807) is 0 Å². The van der Waals surface area contributed by atoms with Gasteiger partial charge in [0.25, 0.3) is 0 Å². The van der Waals surface area contributed by atoms with E-state index < -0.39 is 11.7 Å². The minimum atomic E-state index is -4.37. The average molecular weight is 292 g/mol. The Balaban J connectivity index is 2.00. The molecule has 0 saturated heterocycles. The van der Waals surface area contributed by atoms with Crippen LogP contribution in [0.3, 0.4) is 0 Å². The van der Waals surface area contributed by atoms with Crippen molar-refractivity contribution >= 4 is 5.78 Å². The van der Waals surface area contributed by atoms with Gasteiger partial charge in [-0.05, 0) is 31.0 Å². The molecule has 110 valence electrons. The Kier molecular flexibility index (Phi) is 4.46. The first-order valence-corrected chi connectivity index (χ1v) is 6.62. The van der Waals surface area contributed by atoms with Crippen molar-refractivity contribution in [3.05, 3.63) is 70.8 Å². The third-order valence-corrected chi connectivity index (χ3v) is 3.26. The lowest BCUT2D eigenvalue weighted by Crippen LogP contribution is -2.06. The van der Waals surface area contributed by atoms with E-state index in [-0.39, 0.29) is 12.2 Å². The molecule has 21 heavy (non-hydrogen) atoms. The summed E-state index contributed by atoms with van der Waals surface area (Å²) in [5.41, 5.74) is 1.75. The molecular weight excluding hydrogens is 277 g/mol. The van der Waals surface area contributed by atoms with E-state index in [9.17, 15) is 18.0 Å². The molecule has 0 saturated carbocycles. The molecular formula is C17H15F3O. The smallest absolute Gasteiger partial charge is 0.294 e. The van der Waals surface area contributed by atoms with E-state index in [1.165, 1.54) is 12.1 Å². The number of benzene rings is 2. The molecule has 0 radical (unpaired) electrons. The third-order valence-electron chi connectivity index (χ3n) is 3.26. The predicted molar refractivity (Wildman–Crippen MR) is 75.3 cm³/mol. The molecule has 0 bridgehead atoms. The monoisotopic (exact) mass is 292 g/mol. The summed E-state index contributed by atoms with van der Waals surface area (Å²) >= 11 is 0. The minimum Gasteiger partial charge on any atom is -0.294 e. The van der Waals surface area contributed by atoms with Crippen LogP contribution in [0.1, 0.15) is 33.5 Å². The average Bonchev–Trinajstić information content (AvgIpc) is 2.44. The van der Waals surface area contributed by atoms with Crippen molar-refractivity contribution in [1.82, 2.24) is 0 Å². The summed E-state index contributed by atoms with van der Waals surface area (Å²) in [6.07, 6.45) is -3.50. The van der Waals surface area contributed by atoms with Crippen LogP contribution in [0.15, 0.2) is 48.5 Å². The fraction of sp³-hybridized carbons (Fsp3) is 0.235. The van der Waals surface area contributed by atoms with Gasteiger partial charge in [0.1, 0.15) is 0 Å². The number of alkyl halides is 3. The molecule has 1 nitrogen and oxygen atoms in total. The van der Waals surface area contributed by atoms with Crippen LogP contribution in [0.25, 0.3) is 0 Å². The highest BCUT2D eigenvalue weighted by atomic mass is 19.4. The molecule has 4 heteroatoms. The van der Waals surface area contributed by atoms with Gasteiger partial charge >= 0.3 is 6.18 Å². The maximum Gasteiger partial charge on any atom is 0.416 e. The van der Waals surface area contributed by atoms with Crippen molar-refractivity contribution in [2.24, 2.45) is 0 Å². The van der Waals surface area contributed by atoms with Crippen molar-refractivity contribution in [3.63, 3.8) is 0 Å². The van der Waals surface area contributed by atoms with Crippen LogP contribution < -0.4 is 0 Å². The number of carbonyl (C=O) groups is 1. The summed E-state index contributed by atoms with van der Waals surface area (Å²) in [6.45, 7) is 1.97. The molecule has 2 aromatic rings. The number of hydrogen-bond acceptors (Lipinski definition) is 1. The predicted octanol–water partition coefficient (Wildman–Crippen LogP) is 4.83. The molecule has 0 spiro atoms. The zero-order valence-corrected chi connectivity index (χ0v) is 11.6. The number of Topliss-reactive ketones (excluding diaryl/α,β-unsaturated/α-hetero) is 1. The van der Waals surface area contributed by atoms with Crippen LogP contribution in [-0.2, 0) is 12.6 Å². The molecule has 0 atom stereocenters. The van der Waals surface area contributed by atoms with Crippen molar-refractivity contribution in [2.75, 3.05) is 0 Å². The summed E-state index contributed by atoms with van der Waals surface area (Å²) in [5, 5.41) is 0. The van der Waals surface area contributed by atoms with E-state index in [4.69, 9.17) is 0 Å². The molecule has 2 rings (SSSR count). The molecule has 0 aromatic heterocycles. The number of halogens is 3. The largest absolute Gasteiger partial charge is 0.416 e. The van der Waals surface area contributed by atoms with Gasteiger partial charge in [0.2, 0.25) is 0 Å². The van der Waals surface area contributed by atoms with Crippen molar-refractivity contribution in [1.29, 1.82) is 0 Å². The molecule has 0 aliphatic heterocycles. The van der Waals surface area contributed by atoms with E-state index in [2.05, 4.69) is 0 Å². The third kappa shape index (κ3) is 4.18. The first-order chi connectivity index (χ1) is 9.86. The Morgan fingerprint density at radius 1 is 1.05 bits per heavy atom. The number of aryl methyl sites for hydroxylation is 2. The van der Waals surface area contributed by atoms with Crippen LogP contribution in [0.2, 0.25) is 0 Å². The number of carbonyl (C=O) groups excluding carboxylic acids is 1. The van der Waals surface area contributed by atoms with Gasteiger partial charge in [-0.1, -0.05) is 42.0 Å². The molecule has 0 aliphatic carbocycles. The van der Waals surface area contributed by atoms with Crippen molar-refractivity contribution < 1.29 is 18.0 Å². The first kappa shape index (κ1) is 15.3. The van der Waals surface area contributed by atoms with Crippen LogP contribution in [0.4, 0.5) is 13.2 Å². The maximum absolute atomic E-state index is 12.4. The van der Waals surface area contributed by atoms with Gasteiger partial charge < -0.3 is 0 Å². The van der Waals surface area contributed by atoms with Crippen LogP contribution in [0, 0.1) is 6.92 Å². The van der Waals surface area contributed by atoms with Gasteiger partial charge in [0, 0.05) is 12.0 Å². The van der Waals surface area contributed by atoms with Crippen LogP contribution in [0.5, 0.6) is 0 Å². The summed E-state index contributed by atoms with van der Waals surface area (Å²) in [7, 11) is 0. The first-order valence-electron chi connectivity index (χ1n) is 6.62. The molecule has 2 aromatic carbocycles. The van der Waals surface area contributed by atoms with E-state index in [1.807, 2.05) is 31.2 Å². The van der Waals surface area contributed by atoms with Gasteiger partial charge in [-0.2, -0.15) is 13.2 Å². The molecule has 0 fully saturated rings. The van der Waals surface area contributed by atoms with E-state index >= 15 is 0 Å². The van der Waals surface area contributed by atoms with Crippen molar-refractivity contribution in [2.45, 2.75) is 25.9 Å². The lowest BCUT2D eigenvalue weighted by Gasteiger charge is -2.07. The summed E-state index contributed by atoms with van der Waals surface area (Å²) in [5.74, 6) is -0.148. The topological polar surface area (TPSA) is 17.1 Å². The number of ketones is 1. The van der Waals surface area contributed by atoms with Gasteiger partial charge in [-0.3, -0.25) is 4.79 Å². The van der Waals surface area contributed by atoms with Gasteiger partial charge in [-0.15, -0.1) is 0 Å². The van der Waals surface area contributed by atoms with E-state index in [0.29, 0.717) is 12.0 Å².